The Hall–Kier alpha value is -0.870. The molecule has 0 saturated heterocycles. The molecule has 0 aliphatic heterocycles. The van der Waals surface area contributed by atoms with Crippen molar-refractivity contribution in [2.75, 3.05) is 11.9 Å². The lowest BCUT2D eigenvalue weighted by atomic mass is 10.00. The van der Waals surface area contributed by atoms with Gasteiger partial charge in [-0.2, -0.15) is 4.98 Å². The van der Waals surface area contributed by atoms with E-state index < -0.39 is 0 Å². The Balaban J connectivity index is 2.62. The molecule has 0 saturated carbocycles. The molecule has 2 heterocycles. The maximum absolute atomic E-state index is 6.03. The molecule has 3 nitrogen and oxygen atoms in total. The molecule has 98 valence electrons. The summed E-state index contributed by atoms with van der Waals surface area (Å²) >= 11 is 7.68. The second-order valence-electron chi connectivity index (χ2n) is 5.12. The third-order valence-corrected chi connectivity index (χ3v) is 4.67. The first-order valence-corrected chi connectivity index (χ1v) is 7.22. The summed E-state index contributed by atoms with van der Waals surface area (Å²) in [5.41, 5.74) is 0.0421. The van der Waals surface area contributed by atoms with Crippen LogP contribution in [0.5, 0.6) is 0 Å². The Labute approximate surface area is 117 Å². The van der Waals surface area contributed by atoms with Crippen molar-refractivity contribution < 1.29 is 0 Å². The summed E-state index contributed by atoms with van der Waals surface area (Å²) in [4.78, 5) is 13.1. The molecule has 2 rings (SSSR count). The molecular weight excluding hydrogens is 266 g/mol. The standard InChI is InChI=1S/C13H18ClN3S/c1-6-13(3,4)17(5)10-9-7-8(2)18-11(9)16-12(14)15-10/h7H,6H2,1-5H3. The van der Waals surface area contributed by atoms with Crippen LogP contribution in [0.4, 0.5) is 5.82 Å². The van der Waals surface area contributed by atoms with Crippen LogP contribution in [-0.2, 0) is 0 Å². The van der Waals surface area contributed by atoms with Gasteiger partial charge in [0, 0.05) is 17.5 Å². The minimum absolute atomic E-state index is 0.0421. The number of rotatable bonds is 3. The first-order valence-electron chi connectivity index (χ1n) is 6.02. The Morgan fingerprint density at radius 1 is 1.39 bits per heavy atom. The van der Waals surface area contributed by atoms with Crippen molar-refractivity contribution in [3.63, 3.8) is 0 Å². The molecule has 0 fully saturated rings. The van der Waals surface area contributed by atoms with Gasteiger partial charge in [-0.15, -0.1) is 11.3 Å². The van der Waals surface area contributed by atoms with Crippen LogP contribution in [-0.4, -0.2) is 22.6 Å². The molecule has 0 radical (unpaired) electrons. The molecule has 2 aromatic rings. The number of fused-ring (bicyclic) bond motifs is 1. The van der Waals surface area contributed by atoms with E-state index in [4.69, 9.17) is 11.6 Å². The van der Waals surface area contributed by atoms with E-state index in [-0.39, 0.29) is 5.54 Å². The zero-order valence-corrected chi connectivity index (χ0v) is 13.0. The highest BCUT2D eigenvalue weighted by Gasteiger charge is 2.25. The topological polar surface area (TPSA) is 29.0 Å². The molecule has 0 N–H and O–H groups in total. The summed E-state index contributed by atoms with van der Waals surface area (Å²) in [6.45, 7) is 8.66. The summed E-state index contributed by atoms with van der Waals surface area (Å²) in [7, 11) is 2.06. The average Bonchev–Trinajstić information content (AvgIpc) is 2.67. The molecule has 0 aliphatic carbocycles. The van der Waals surface area contributed by atoms with Gasteiger partial charge < -0.3 is 4.90 Å². The van der Waals surface area contributed by atoms with Crippen LogP contribution in [0, 0.1) is 6.92 Å². The molecule has 0 amide bonds. The largest absolute Gasteiger partial charge is 0.354 e. The van der Waals surface area contributed by atoms with E-state index in [0.717, 1.165) is 22.5 Å². The molecule has 0 atom stereocenters. The Morgan fingerprint density at radius 3 is 2.67 bits per heavy atom. The fourth-order valence-corrected chi connectivity index (χ4v) is 2.87. The van der Waals surface area contributed by atoms with E-state index in [1.807, 2.05) is 0 Å². The third-order valence-electron chi connectivity index (χ3n) is 3.56. The van der Waals surface area contributed by atoms with Crippen LogP contribution in [0.3, 0.4) is 0 Å². The highest BCUT2D eigenvalue weighted by Crippen LogP contribution is 2.34. The maximum atomic E-state index is 6.03. The molecule has 0 bridgehead atoms. The molecule has 0 aromatic carbocycles. The zero-order valence-electron chi connectivity index (χ0n) is 11.4. The summed E-state index contributed by atoms with van der Waals surface area (Å²) in [6, 6.07) is 2.13. The SMILES string of the molecule is CCC(C)(C)N(C)c1nc(Cl)nc2sc(C)cc12. The molecular formula is C13H18ClN3S. The number of aryl methyl sites for hydroxylation is 1. The number of nitrogens with zero attached hydrogens (tertiary/aromatic N) is 3. The van der Waals surface area contributed by atoms with Gasteiger partial charge in [0.2, 0.25) is 5.28 Å². The Morgan fingerprint density at radius 2 is 2.06 bits per heavy atom. The van der Waals surface area contributed by atoms with Crippen LogP contribution < -0.4 is 4.90 Å². The molecule has 0 unspecified atom stereocenters. The third kappa shape index (κ3) is 2.31. The van der Waals surface area contributed by atoms with Gasteiger partial charge in [-0.3, -0.25) is 0 Å². The van der Waals surface area contributed by atoms with Crippen molar-refractivity contribution in [2.24, 2.45) is 0 Å². The summed E-state index contributed by atoms with van der Waals surface area (Å²) in [6.07, 6.45) is 1.04. The second-order valence-corrected chi connectivity index (χ2v) is 6.69. The van der Waals surface area contributed by atoms with Crippen LogP contribution in [0.25, 0.3) is 10.2 Å². The lowest BCUT2D eigenvalue weighted by molar-refractivity contribution is 0.468. The highest BCUT2D eigenvalue weighted by molar-refractivity contribution is 7.18. The Kier molecular flexibility index (Phi) is 3.52. The van der Waals surface area contributed by atoms with Crippen molar-refractivity contribution in [1.29, 1.82) is 0 Å². The number of anilines is 1. The van der Waals surface area contributed by atoms with Gasteiger partial charge in [-0.25, -0.2) is 4.98 Å². The van der Waals surface area contributed by atoms with Crippen LogP contribution >= 0.6 is 22.9 Å². The van der Waals surface area contributed by atoms with E-state index in [0.29, 0.717) is 5.28 Å². The first-order chi connectivity index (χ1) is 8.35. The lowest BCUT2D eigenvalue weighted by Gasteiger charge is -2.36. The van der Waals surface area contributed by atoms with Crippen LogP contribution in [0.2, 0.25) is 5.28 Å². The second kappa shape index (κ2) is 4.67. The van der Waals surface area contributed by atoms with Gasteiger partial charge >= 0.3 is 0 Å². The number of hydrogen-bond donors (Lipinski definition) is 0. The fraction of sp³-hybridized carbons (Fsp3) is 0.538. The van der Waals surface area contributed by atoms with E-state index in [2.05, 4.69) is 55.7 Å². The summed E-state index contributed by atoms with van der Waals surface area (Å²) in [5.74, 6) is 0.918. The average molecular weight is 284 g/mol. The van der Waals surface area contributed by atoms with Gasteiger partial charge in [0.15, 0.2) is 0 Å². The summed E-state index contributed by atoms with van der Waals surface area (Å²) < 4.78 is 0. The number of hydrogen-bond acceptors (Lipinski definition) is 4. The van der Waals surface area contributed by atoms with Gasteiger partial charge in [0.05, 0.1) is 5.39 Å². The molecule has 5 heteroatoms. The van der Waals surface area contributed by atoms with Crippen molar-refractivity contribution in [3.8, 4) is 0 Å². The van der Waals surface area contributed by atoms with Crippen LogP contribution in [0.15, 0.2) is 6.07 Å². The normalized spacial score (nSPS) is 12.1. The van der Waals surface area contributed by atoms with Crippen molar-refractivity contribution in [3.05, 3.63) is 16.2 Å². The predicted octanol–water partition coefficient (Wildman–Crippen LogP) is 4.28. The number of halogens is 1. The smallest absolute Gasteiger partial charge is 0.225 e. The van der Waals surface area contributed by atoms with Crippen molar-refractivity contribution >= 4 is 39.0 Å². The number of thiophene rings is 1. The lowest BCUT2D eigenvalue weighted by Crippen LogP contribution is -2.41. The van der Waals surface area contributed by atoms with Crippen molar-refractivity contribution in [1.82, 2.24) is 9.97 Å². The fourth-order valence-electron chi connectivity index (χ4n) is 1.78. The Bertz CT molecular complexity index is 577. The van der Waals surface area contributed by atoms with E-state index in [1.54, 1.807) is 11.3 Å². The van der Waals surface area contributed by atoms with Crippen LogP contribution in [0.1, 0.15) is 32.1 Å². The highest BCUT2D eigenvalue weighted by atomic mass is 35.5. The molecule has 18 heavy (non-hydrogen) atoms. The quantitative estimate of drug-likeness (QED) is 0.788. The van der Waals surface area contributed by atoms with Gasteiger partial charge in [-0.1, -0.05) is 6.92 Å². The molecule has 2 aromatic heterocycles. The maximum Gasteiger partial charge on any atom is 0.225 e. The molecule has 0 spiro atoms. The van der Waals surface area contributed by atoms with Gasteiger partial charge in [-0.05, 0) is 44.9 Å². The summed E-state index contributed by atoms with van der Waals surface area (Å²) in [5, 5.41) is 1.41. The molecule has 0 aliphatic rings. The predicted molar refractivity (Wildman–Crippen MR) is 79.9 cm³/mol. The van der Waals surface area contributed by atoms with E-state index in [1.165, 1.54) is 4.88 Å². The van der Waals surface area contributed by atoms with E-state index >= 15 is 0 Å². The minimum Gasteiger partial charge on any atom is -0.354 e. The van der Waals surface area contributed by atoms with Gasteiger partial charge in [0.1, 0.15) is 10.6 Å². The van der Waals surface area contributed by atoms with Crippen molar-refractivity contribution in [2.45, 2.75) is 39.7 Å². The van der Waals surface area contributed by atoms with Gasteiger partial charge in [0.25, 0.3) is 0 Å². The number of aromatic nitrogens is 2. The first kappa shape index (κ1) is 13.6. The monoisotopic (exact) mass is 283 g/mol. The zero-order chi connectivity index (χ0) is 13.5. The van der Waals surface area contributed by atoms with E-state index in [9.17, 15) is 0 Å². The minimum atomic E-state index is 0.0421.